The number of rotatable bonds is 5. The highest BCUT2D eigenvalue weighted by Gasteiger charge is 2.27. The Hall–Kier alpha value is -2.62. The third-order valence-corrected chi connectivity index (χ3v) is 5.08. The molecule has 1 aliphatic rings. The second-order valence-electron chi connectivity index (χ2n) is 7.65. The Morgan fingerprint density at radius 3 is 2.15 bits per heavy atom. The van der Waals surface area contributed by atoms with Crippen molar-refractivity contribution in [3.05, 3.63) is 60.2 Å². The molecule has 0 spiro atoms. The number of amides is 2. The molecule has 0 radical (unpaired) electrons. The van der Waals surface area contributed by atoms with Gasteiger partial charge in [-0.25, -0.2) is 0 Å². The van der Waals surface area contributed by atoms with Crippen LogP contribution in [0.1, 0.15) is 37.0 Å². The average molecular weight is 364 g/mol. The van der Waals surface area contributed by atoms with Crippen molar-refractivity contribution in [3.63, 3.8) is 0 Å². The summed E-state index contributed by atoms with van der Waals surface area (Å²) in [6.07, 6.45) is 1.47. The number of piperidine rings is 1. The van der Waals surface area contributed by atoms with E-state index in [1.165, 1.54) is 0 Å². The van der Waals surface area contributed by atoms with Crippen LogP contribution < -0.4 is 5.32 Å². The predicted molar refractivity (Wildman–Crippen MR) is 108 cm³/mol. The zero-order valence-electron chi connectivity index (χ0n) is 16.2. The number of nitrogens with one attached hydrogen (secondary N) is 1. The summed E-state index contributed by atoms with van der Waals surface area (Å²) in [7, 11) is 0. The first kappa shape index (κ1) is 19.2. The molecule has 0 bridgehead atoms. The van der Waals surface area contributed by atoms with E-state index in [0.717, 1.165) is 24.0 Å². The van der Waals surface area contributed by atoms with Crippen molar-refractivity contribution in [1.82, 2.24) is 10.2 Å². The minimum atomic E-state index is 0.0215. The fourth-order valence-electron chi connectivity index (χ4n) is 3.41. The minimum absolute atomic E-state index is 0.0215. The Morgan fingerprint density at radius 1 is 0.963 bits per heavy atom. The molecular weight excluding hydrogens is 336 g/mol. The number of nitrogens with zero attached hydrogens (tertiary/aromatic N) is 1. The zero-order chi connectivity index (χ0) is 19.2. The topological polar surface area (TPSA) is 49.4 Å². The van der Waals surface area contributed by atoms with E-state index in [4.69, 9.17) is 0 Å². The van der Waals surface area contributed by atoms with Crippen molar-refractivity contribution in [2.45, 2.75) is 26.7 Å². The summed E-state index contributed by atoms with van der Waals surface area (Å²) in [6.45, 7) is 6.17. The number of hydrogen-bond donors (Lipinski definition) is 1. The molecule has 0 saturated carbocycles. The Bertz CT molecular complexity index is 761. The lowest BCUT2D eigenvalue weighted by Gasteiger charge is -2.31. The summed E-state index contributed by atoms with van der Waals surface area (Å²) < 4.78 is 0. The molecule has 0 atom stereocenters. The summed E-state index contributed by atoms with van der Waals surface area (Å²) >= 11 is 0. The van der Waals surface area contributed by atoms with Gasteiger partial charge in [-0.05, 0) is 42.0 Å². The van der Waals surface area contributed by atoms with E-state index in [2.05, 4.69) is 31.3 Å². The molecule has 2 amide bonds. The van der Waals surface area contributed by atoms with E-state index >= 15 is 0 Å². The van der Waals surface area contributed by atoms with Gasteiger partial charge in [-0.1, -0.05) is 56.3 Å². The lowest BCUT2D eigenvalue weighted by Crippen LogP contribution is -2.43. The lowest BCUT2D eigenvalue weighted by atomic mass is 9.95. The summed E-state index contributed by atoms with van der Waals surface area (Å²) in [5.74, 6) is 0.654. The van der Waals surface area contributed by atoms with Crippen LogP contribution in [-0.2, 0) is 4.79 Å². The average Bonchev–Trinajstić information content (AvgIpc) is 2.72. The van der Waals surface area contributed by atoms with Crippen molar-refractivity contribution in [2.75, 3.05) is 19.6 Å². The second kappa shape index (κ2) is 8.85. The van der Waals surface area contributed by atoms with E-state index in [1.807, 2.05) is 47.4 Å². The molecule has 4 nitrogen and oxygen atoms in total. The third-order valence-electron chi connectivity index (χ3n) is 5.08. The van der Waals surface area contributed by atoms with Crippen molar-refractivity contribution in [3.8, 4) is 11.1 Å². The molecule has 1 heterocycles. The van der Waals surface area contributed by atoms with E-state index in [-0.39, 0.29) is 17.7 Å². The first-order valence-electron chi connectivity index (χ1n) is 9.77. The summed E-state index contributed by atoms with van der Waals surface area (Å²) in [6, 6.07) is 17.9. The van der Waals surface area contributed by atoms with Gasteiger partial charge in [-0.15, -0.1) is 0 Å². The van der Waals surface area contributed by atoms with Crippen LogP contribution in [0.4, 0.5) is 0 Å². The van der Waals surface area contributed by atoms with Crippen LogP contribution in [0.15, 0.2) is 54.6 Å². The van der Waals surface area contributed by atoms with Crippen LogP contribution in [0.2, 0.25) is 0 Å². The summed E-state index contributed by atoms with van der Waals surface area (Å²) in [4.78, 5) is 26.8. The number of carbonyl (C=O) groups is 2. The number of hydrogen-bond acceptors (Lipinski definition) is 2. The Kier molecular flexibility index (Phi) is 6.28. The van der Waals surface area contributed by atoms with Crippen molar-refractivity contribution in [2.24, 2.45) is 11.8 Å². The van der Waals surface area contributed by atoms with Crippen LogP contribution in [0.3, 0.4) is 0 Å². The molecule has 4 heteroatoms. The largest absolute Gasteiger partial charge is 0.356 e. The first-order valence-corrected chi connectivity index (χ1v) is 9.77. The quantitative estimate of drug-likeness (QED) is 0.872. The summed E-state index contributed by atoms with van der Waals surface area (Å²) in [5.41, 5.74) is 2.95. The molecule has 1 saturated heterocycles. The highest BCUT2D eigenvalue weighted by Crippen LogP contribution is 2.22. The number of benzene rings is 2. The molecular formula is C23H28N2O2. The van der Waals surface area contributed by atoms with E-state index in [9.17, 15) is 9.59 Å². The molecule has 3 rings (SSSR count). The number of likely N-dealkylation sites (tertiary alicyclic amines) is 1. The highest BCUT2D eigenvalue weighted by atomic mass is 16.2. The number of carbonyl (C=O) groups excluding carboxylic acids is 2. The van der Waals surface area contributed by atoms with Crippen molar-refractivity contribution < 1.29 is 9.59 Å². The maximum atomic E-state index is 12.8. The molecule has 0 unspecified atom stereocenters. The lowest BCUT2D eigenvalue weighted by molar-refractivity contribution is -0.126. The standard InChI is InChI=1S/C23H28N2O2/c1-17(2)16-24-22(26)20-12-14-25(15-13-20)23(27)21-10-8-19(9-11-21)18-6-4-3-5-7-18/h3-11,17,20H,12-16H2,1-2H3,(H,24,26). The van der Waals surface area contributed by atoms with Gasteiger partial charge >= 0.3 is 0 Å². The predicted octanol–water partition coefficient (Wildman–Crippen LogP) is 3.98. The minimum Gasteiger partial charge on any atom is -0.356 e. The maximum Gasteiger partial charge on any atom is 0.253 e. The molecule has 0 aliphatic carbocycles. The van der Waals surface area contributed by atoms with Crippen LogP contribution in [0.25, 0.3) is 11.1 Å². The van der Waals surface area contributed by atoms with Gasteiger partial charge in [0, 0.05) is 31.1 Å². The summed E-state index contributed by atoms with van der Waals surface area (Å²) in [5, 5.41) is 3.01. The fraction of sp³-hybridized carbons (Fsp3) is 0.391. The highest BCUT2D eigenvalue weighted by molar-refractivity contribution is 5.95. The van der Waals surface area contributed by atoms with E-state index in [0.29, 0.717) is 31.1 Å². The Morgan fingerprint density at radius 2 is 1.56 bits per heavy atom. The maximum absolute atomic E-state index is 12.8. The third kappa shape index (κ3) is 4.97. The SMILES string of the molecule is CC(C)CNC(=O)C1CCN(C(=O)c2ccc(-c3ccccc3)cc2)CC1. The van der Waals surface area contributed by atoms with Crippen molar-refractivity contribution in [1.29, 1.82) is 0 Å². The molecule has 2 aromatic rings. The van der Waals surface area contributed by atoms with Crippen LogP contribution in [-0.4, -0.2) is 36.3 Å². The monoisotopic (exact) mass is 364 g/mol. The van der Waals surface area contributed by atoms with Crippen LogP contribution in [0.5, 0.6) is 0 Å². The van der Waals surface area contributed by atoms with E-state index in [1.54, 1.807) is 0 Å². The van der Waals surface area contributed by atoms with Gasteiger partial charge in [-0.3, -0.25) is 9.59 Å². The Labute approximate surface area is 161 Å². The van der Waals surface area contributed by atoms with Gasteiger partial charge in [0.2, 0.25) is 5.91 Å². The molecule has 27 heavy (non-hydrogen) atoms. The first-order chi connectivity index (χ1) is 13.0. The van der Waals surface area contributed by atoms with Gasteiger partial charge in [0.15, 0.2) is 0 Å². The second-order valence-corrected chi connectivity index (χ2v) is 7.65. The van der Waals surface area contributed by atoms with Gasteiger partial charge in [-0.2, -0.15) is 0 Å². The van der Waals surface area contributed by atoms with E-state index < -0.39 is 0 Å². The van der Waals surface area contributed by atoms with Gasteiger partial charge < -0.3 is 10.2 Å². The molecule has 0 aromatic heterocycles. The van der Waals surface area contributed by atoms with Gasteiger partial charge in [0.25, 0.3) is 5.91 Å². The van der Waals surface area contributed by atoms with Crippen molar-refractivity contribution >= 4 is 11.8 Å². The van der Waals surface area contributed by atoms with Crippen LogP contribution in [0, 0.1) is 11.8 Å². The van der Waals surface area contributed by atoms with Gasteiger partial charge in [0.1, 0.15) is 0 Å². The molecule has 2 aromatic carbocycles. The zero-order valence-corrected chi connectivity index (χ0v) is 16.2. The normalized spacial score (nSPS) is 15.0. The van der Waals surface area contributed by atoms with Crippen LogP contribution >= 0.6 is 0 Å². The molecule has 1 N–H and O–H groups in total. The molecule has 142 valence electrons. The molecule has 1 fully saturated rings. The fourth-order valence-corrected chi connectivity index (χ4v) is 3.41. The molecule has 1 aliphatic heterocycles. The Balaban J connectivity index is 1.55. The smallest absolute Gasteiger partial charge is 0.253 e. The van der Waals surface area contributed by atoms with Gasteiger partial charge in [0.05, 0.1) is 0 Å².